The maximum Gasteiger partial charge on any atom is 0.362 e. The van der Waals surface area contributed by atoms with Crippen molar-refractivity contribution in [2.75, 3.05) is 31.6 Å². The number of carbonyl (C=O) groups is 1. The number of ether oxygens (including phenoxy) is 1. The minimum Gasteiger partial charge on any atom is -0.379 e. The number of amides is 1. The maximum atomic E-state index is 12.7. The van der Waals surface area contributed by atoms with Crippen LogP contribution >= 0.6 is 11.6 Å². The summed E-state index contributed by atoms with van der Waals surface area (Å²) in [6.45, 7) is 1.11. The fourth-order valence-corrected chi connectivity index (χ4v) is 4.14. The first-order valence-electron chi connectivity index (χ1n) is 7.68. The Bertz CT molecular complexity index is 986. The normalized spacial score (nSPS) is 15.4. The number of morpholine rings is 1. The number of nitrogens with one attached hydrogen (secondary N) is 2. The minimum absolute atomic E-state index is 0.00121. The molecule has 2 aromatic rings. The molecule has 13 heteroatoms. The second-order valence-corrected chi connectivity index (χ2v) is 7.81. The van der Waals surface area contributed by atoms with Gasteiger partial charge in [0.05, 0.1) is 18.1 Å². The topological polar surface area (TPSA) is 148 Å². The first-order chi connectivity index (χ1) is 12.8. The summed E-state index contributed by atoms with van der Waals surface area (Å²) in [7, 11) is -3.74. The van der Waals surface area contributed by atoms with Gasteiger partial charge in [-0.05, 0) is 23.1 Å². The van der Waals surface area contributed by atoms with Gasteiger partial charge < -0.3 is 20.2 Å². The van der Waals surface area contributed by atoms with E-state index < -0.39 is 31.7 Å². The van der Waals surface area contributed by atoms with E-state index >= 15 is 0 Å². The van der Waals surface area contributed by atoms with Crippen molar-refractivity contribution in [2.24, 2.45) is 0 Å². The van der Waals surface area contributed by atoms with Gasteiger partial charge in [0.25, 0.3) is 5.91 Å². The average molecular weight is 416 g/mol. The molecule has 0 atom stereocenters. The zero-order valence-electron chi connectivity index (χ0n) is 13.7. The number of sulfonamides is 1. The van der Waals surface area contributed by atoms with E-state index in [1.165, 1.54) is 28.6 Å². The van der Waals surface area contributed by atoms with Gasteiger partial charge in [-0.25, -0.2) is 8.42 Å². The third-order valence-corrected chi connectivity index (χ3v) is 6.04. The van der Waals surface area contributed by atoms with Crippen LogP contribution in [-0.2, 0) is 14.8 Å². The van der Waals surface area contributed by atoms with Crippen LogP contribution in [0.1, 0.15) is 10.5 Å². The fourth-order valence-electron chi connectivity index (χ4n) is 2.45. The molecule has 1 aliphatic heterocycles. The van der Waals surface area contributed by atoms with E-state index in [1.807, 2.05) is 0 Å². The van der Waals surface area contributed by atoms with Crippen molar-refractivity contribution in [3.05, 3.63) is 45.1 Å². The average Bonchev–Trinajstić information content (AvgIpc) is 3.04. The lowest BCUT2D eigenvalue weighted by atomic mass is 10.3. The van der Waals surface area contributed by atoms with E-state index in [4.69, 9.17) is 16.3 Å². The summed E-state index contributed by atoms with van der Waals surface area (Å²) in [6, 6.07) is 5.65. The number of anilines is 1. The summed E-state index contributed by atoms with van der Waals surface area (Å²) in [6.07, 6.45) is 0. The molecule has 0 spiro atoms. The Kier molecular flexibility index (Phi) is 5.41. The lowest BCUT2D eigenvalue weighted by Gasteiger charge is -2.26. The largest absolute Gasteiger partial charge is 0.379 e. The summed E-state index contributed by atoms with van der Waals surface area (Å²) in [4.78, 5) is 22.2. The molecule has 0 saturated carbocycles. The summed E-state index contributed by atoms with van der Waals surface area (Å²) in [5.74, 6) is -1.42. The zero-order chi connectivity index (χ0) is 19.6. The monoisotopic (exact) mass is 415 g/mol. The van der Waals surface area contributed by atoms with Crippen molar-refractivity contribution in [1.82, 2.24) is 14.5 Å². The first-order valence-corrected chi connectivity index (χ1v) is 9.50. The quantitative estimate of drug-likeness (QED) is 0.551. The van der Waals surface area contributed by atoms with Gasteiger partial charge in [0.2, 0.25) is 10.0 Å². The predicted molar refractivity (Wildman–Crippen MR) is 94.2 cm³/mol. The van der Waals surface area contributed by atoms with Crippen molar-refractivity contribution in [3.63, 3.8) is 0 Å². The molecule has 1 saturated heterocycles. The Morgan fingerprint density at radius 2 is 2.07 bits per heavy atom. The van der Waals surface area contributed by atoms with Crippen LogP contribution < -0.4 is 5.32 Å². The van der Waals surface area contributed by atoms with Crippen molar-refractivity contribution in [3.8, 4) is 0 Å². The van der Waals surface area contributed by atoms with Crippen molar-refractivity contribution >= 4 is 39.0 Å². The van der Waals surface area contributed by atoms with Crippen LogP contribution in [0.4, 0.5) is 11.5 Å². The molecule has 11 nitrogen and oxygen atoms in total. The lowest BCUT2D eigenvalue weighted by Crippen LogP contribution is -2.40. The number of nitrogens with zero attached hydrogens (tertiary/aromatic N) is 3. The van der Waals surface area contributed by atoms with Gasteiger partial charge in [-0.15, -0.1) is 5.10 Å². The van der Waals surface area contributed by atoms with Crippen molar-refractivity contribution in [1.29, 1.82) is 0 Å². The zero-order valence-corrected chi connectivity index (χ0v) is 15.3. The molecule has 0 radical (unpaired) electrons. The predicted octanol–water partition coefficient (Wildman–Crippen LogP) is 1.24. The Labute approximate surface area is 158 Å². The SMILES string of the molecule is O=C(Nc1cccc(S(=O)(=O)N2CCOCC2)c1)c1n[nH]c([N+](=O)[O-])c1Cl. The molecule has 2 N–H and O–H groups in total. The van der Waals surface area contributed by atoms with Crippen LogP contribution in [0.25, 0.3) is 0 Å². The van der Waals surface area contributed by atoms with E-state index in [1.54, 1.807) is 0 Å². The maximum absolute atomic E-state index is 12.7. The number of halogens is 1. The van der Waals surface area contributed by atoms with Crippen LogP contribution in [0.5, 0.6) is 0 Å². The molecule has 27 heavy (non-hydrogen) atoms. The lowest BCUT2D eigenvalue weighted by molar-refractivity contribution is -0.389. The highest BCUT2D eigenvalue weighted by Crippen LogP contribution is 2.26. The number of H-pyrrole nitrogens is 1. The van der Waals surface area contributed by atoms with E-state index in [0.29, 0.717) is 13.2 Å². The highest BCUT2D eigenvalue weighted by molar-refractivity contribution is 7.89. The van der Waals surface area contributed by atoms with E-state index in [9.17, 15) is 23.3 Å². The highest BCUT2D eigenvalue weighted by atomic mass is 35.5. The molecule has 1 aromatic heterocycles. The van der Waals surface area contributed by atoms with E-state index in [-0.39, 0.29) is 29.4 Å². The van der Waals surface area contributed by atoms with Crippen LogP contribution in [0.3, 0.4) is 0 Å². The van der Waals surface area contributed by atoms with E-state index in [0.717, 1.165) is 0 Å². The number of aromatic amines is 1. The second-order valence-electron chi connectivity index (χ2n) is 5.49. The molecule has 1 aromatic carbocycles. The van der Waals surface area contributed by atoms with Gasteiger partial charge in [0.15, 0.2) is 10.7 Å². The van der Waals surface area contributed by atoms with E-state index in [2.05, 4.69) is 15.5 Å². The fraction of sp³-hybridized carbons (Fsp3) is 0.286. The summed E-state index contributed by atoms with van der Waals surface area (Å²) >= 11 is 5.78. The molecule has 1 aliphatic rings. The molecule has 0 bridgehead atoms. The van der Waals surface area contributed by atoms with Gasteiger partial charge in [-0.1, -0.05) is 22.8 Å². The summed E-state index contributed by atoms with van der Waals surface area (Å²) in [5.41, 5.74) is -0.194. The molecule has 0 aliphatic carbocycles. The molecular weight excluding hydrogens is 402 g/mol. The second kappa shape index (κ2) is 7.60. The molecule has 1 amide bonds. The summed E-state index contributed by atoms with van der Waals surface area (Å²) < 4.78 is 31.8. The van der Waals surface area contributed by atoms with Gasteiger partial charge in [-0.2, -0.15) is 4.31 Å². The van der Waals surface area contributed by atoms with Crippen LogP contribution in [0.15, 0.2) is 29.2 Å². The number of hydrogen-bond donors (Lipinski definition) is 2. The third-order valence-electron chi connectivity index (χ3n) is 3.79. The highest BCUT2D eigenvalue weighted by Gasteiger charge is 2.28. The number of carbonyl (C=O) groups excluding carboxylic acids is 1. The van der Waals surface area contributed by atoms with Crippen molar-refractivity contribution in [2.45, 2.75) is 4.90 Å². The molecular formula is C14H14ClN5O6S. The van der Waals surface area contributed by atoms with Crippen LogP contribution in [0, 0.1) is 10.1 Å². The number of aromatic nitrogens is 2. The summed E-state index contributed by atoms with van der Waals surface area (Å²) in [5, 5.41) is 18.3. The van der Waals surface area contributed by atoms with Crippen LogP contribution in [-0.4, -0.2) is 60.1 Å². The molecule has 2 heterocycles. The third kappa shape index (κ3) is 3.93. The smallest absolute Gasteiger partial charge is 0.362 e. The molecule has 0 unspecified atom stereocenters. The van der Waals surface area contributed by atoms with Gasteiger partial charge >= 0.3 is 5.82 Å². The Hall–Kier alpha value is -2.54. The van der Waals surface area contributed by atoms with Gasteiger partial charge in [0.1, 0.15) is 0 Å². The number of hydrogen-bond acceptors (Lipinski definition) is 7. The standard InChI is InChI=1S/C14H14ClN5O6S/c15-11-12(17-18-13(11)20(22)23)14(21)16-9-2-1-3-10(8-9)27(24,25)19-4-6-26-7-5-19/h1-3,8H,4-7H2,(H,16,21)(H,17,18). The molecule has 1 fully saturated rings. The minimum atomic E-state index is -3.74. The number of nitro groups is 1. The first kappa shape index (κ1) is 19.2. The van der Waals surface area contributed by atoms with Gasteiger partial charge in [-0.3, -0.25) is 4.79 Å². The van der Waals surface area contributed by atoms with Crippen molar-refractivity contribution < 1.29 is 22.9 Å². The number of rotatable bonds is 5. The Morgan fingerprint density at radius 3 is 2.70 bits per heavy atom. The Morgan fingerprint density at radius 1 is 1.37 bits per heavy atom. The Balaban J connectivity index is 1.82. The molecule has 3 rings (SSSR count). The molecule has 144 valence electrons. The van der Waals surface area contributed by atoms with Crippen LogP contribution in [0.2, 0.25) is 5.02 Å². The van der Waals surface area contributed by atoms with Gasteiger partial charge in [0, 0.05) is 18.8 Å². The number of benzene rings is 1.